The highest BCUT2D eigenvalue weighted by Gasteiger charge is 2.19. The van der Waals surface area contributed by atoms with Gasteiger partial charge in [-0.3, -0.25) is 4.98 Å². The number of pyridine rings is 1. The third-order valence-corrected chi connectivity index (χ3v) is 4.48. The van der Waals surface area contributed by atoms with Gasteiger partial charge in [-0.25, -0.2) is 0 Å². The summed E-state index contributed by atoms with van der Waals surface area (Å²) in [5.41, 5.74) is 6.59. The third kappa shape index (κ3) is 2.28. The molecule has 2 aliphatic rings. The van der Waals surface area contributed by atoms with Crippen LogP contribution in [0.15, 0.2) is 17.8 Å². The number of nitrogens with zero attached hydrogens (tertiary/aromatic N) is 2. The van der Waals surface area contributed by atoms with E-state index in [0.717, 1.165) is 44.8 Å². The van der Waals surface area contributed by atoms with Crippen LogP contribution in [0.2, 0.25) is 0 Å². The van der Waals surface area contributed by atoms with Gasteiger partial charge in [0.15, 0.2) is 0 Å². The molecule has 4 rings (SSSR count). The van der Waals surface area contributed by atoms with Crippen molar-refractivity contribution in [3.63, 3.8) is 0 Å². The van der Waals surface area contributed by atoms with E-state index in [1.54, 1.807) is 0 Å². The standard InChI is InChI=1S/C17H21N3O/c1-12-7-14-15-8-18-5-2-3-16(15)20(17(14)9-19-12)10-13-4-6-21-11-13/h7,9-10,18H,2-6,8,11H2,1H3/b13-10-. The van der Waals surface area contributed by atoms with Crippen molar-refractivity contribution in [2.45, 2.75) is 32.7 Å². The molecule has 0 spiro atoms. The molecule has 110 valence electrons. The number of rotatable bonds is 1. The predicted octanol–water partition coefficient (Wildman–Crippen LogP) is 2.64. The van der Waals surface area contributed by atoms with E-state index in [4.69, 9.17) is 4.74 Å². The molecule has 0 atom stereocenters. The number of aryl methyl sites for hydroxylation is 1. The van der Waals surface area contributed by atoms with Crippen LogP contribution in [-0.4, -0.2) is 29.3 Å². The lowest BCUT2D eigenvalue weighted by atomic mass is 10.1. The lowest BCUT2D eigenvalue weighted by molar-refractivity contribution is 0.205. The first-order valence-electron chi connectivity index (χ1n) is 7.79. The van der Waals surface area contributed by atoms with Crippen LogP contribution in [0.4, 0.5) is 0 Å². The van der Waals surface area contributed by atoms with E-state index in [1.807, 2.05) is 6.20 Å². The summed E-state index contributed by atoms with van der Waals surface area (Å²) in [6.07, 6.45) is 7.67. The molecule has 2 aromatic heterocycles. The molecule has 0 aromatic carbocycles. The van der Waals surface area contributed by atoms with Gasteiger partial charge in [-0.15, -0.1) is 0 Å². The number of hydrogen-bond donors (Lipinski definition) is 1. The zero-order valence-corrected chi connectivity index (χ0v) is 12.5. The van der Waals surface area contributed by atoms with Crippen molar-refractivity contribution in [3.8, 4) is 0 Å². The smallest absolute Gasteiger partial charge is 0.0713 e. The summed E-state index contributed by atoms with van der Waals surface area (Å²) in [7, 11) is 0. The van der Waals surface area contributed by atoms with Gasteiger partial charge in [0.25, 0.3) is 0 Å². The van der Waals surface area contributed by atoms with Gasteiger partial charge >= 0.3 is 0 Å². The van der Waals surface area contributed by atoms with Crippen LogP contribution in [-0.2, 0) is 17.7 Å². The van der Waals surface area contributed by atoms with Crippen molar-refractivity contribution in [3.05, 3.63) is 34.8 Å². The SMILES string of the molecule is Cc1cc2c3c(n(/C=C4/CCOC4)c2cn1)CCCNC3. The Morgan fingerprint density at radius 2 is 2.33 bits per heavy atom. The van der Waals surface area contributed by atoms with Crippen LogP contribution in [0.5, 0.6) is 0 Å². The molecular formula is C17H21N3O. The van der Waals surface area contributed by atoms with Gasteiger partial charge in [0.1, 0.15) is 0 Å². The molecule has 1 fully saturated rings. The van der Waals surface area contributed by atoms with E-state index in [1.165, 1.54) is 34.2 Å². The van der Waals surface area contributed by atoms with E-state index in [-0.39, 0.29) is 0 Å². The first-order chi connectivity index (χ1) is 10.3. The second-order valence-electron chi connectivity index (χ2n) is 6.01. The third-order valence-electron chi connectivity index (χ3n) is 4.48. The second kappa shape index (κ2) is 5.28. The predicted molar refractivity (Wildman–Crippen MR) is 84.2 cm³/mol. The summed E-state index contributed by atoms with van der Waals surface area (Å²) < 4.78 is 7.87. The van der Waals surface area contributed by atoms with Gasteiger partial charge in [0, 0.05) is 29.5 Å². The molecule has 2 aliphatic heterocycles. The monoisotopic (exact) mass is 283 g/mol. The molecule has 0 saturated carbocycles. The fraction of sp³-hybridized carbons (Fsp3) is 0.471. The molecule has 0 unspecified atom stereocenters. The van der Waals surface area contributed by atoms with E-state index in [0.29, 0.717) is 0 Å². The molecule has 0 amide bonds. The Morgan fingerprint density at radius 1 is 1.38 bits per heavy atom. The molecule has 0 bridgehead atoms. The second-order valence-corrected chi connectivity index (χ2v) is 6.01. The van der Waals surface area contributed by atoms with Crippen LogP contribution < -0.4 is 5.32 Å². The van der Waals surface area contributed by atoms with Crippen LogP contribution >= 0.6 is 0 Å². The van der Waals surface area contributed by atoms with Gasteiger partial charge in [0.05, 0.1) is 24.9 Å². The average molecular weight is 283 g/mol. The average Bonchev–Trinajstić information content (AvgIpc) is 3.00. The van der Waals surface area contributed by atoms with Crippen molar-refractivity contribution < 1.29 is 4.74 Å². The number of fused-ring (bicyclic) bond motifs is 3. The maximum atomic E-state index is 5.50. The zero-order chi connectivity index (χ0) is 14.2. The van der Waals surface area contributed by atoms with Crippen molar-refractivity contribution in [2.75, 3.05) is 19.8 Å². The summed E-state index contributed by atoms with van der Waals surface area (Å²) in [5.74, 6) is 0. The Hall–Kier alpha value is -1.65. The minimum absolute atomic E-state index is 0.770. The highest BCUT2D eigenvalue weighted by atomic mass is 16.5. The molecule has 4 nitrogen and oxygen atoms in total. The van der Waals surface area contributed by atoms with Crippen LogP contribution in [0.3, 0.4) is 0 Å². The normalized spacial score (nSPS) is 20.9. The Labute approximate surface area is 124 Å². The molecular weight excluding hydrogens is 262 g/mol. The van der Waals surface area contributed by atoms with Crippen molar-refractivity contribution in [1.29, 1.82) is 0 Å². The lowest BCUT2D eigenvalue weighted by Gasteiger charge is -2.06. The van der Waals surface area contributed by atoms with Gasteiger partial charge in [-0.1, -0.05) is 0 Å². The number of hydrogen-bond acceptors (Lipinski definition) is 3. The fourth-order valence-corrected chi connectivity index (χ4v) is 3.41. The summed E-state index contributed by atoms with van der Waals surface area (Å²) in [4.78, 5) is 4.51. The number of nitrogens with one attached hydrogen (secondary N) is 1. The highest BCUT2D eigenvalue weighted by molar-refractivity contribution is 5.87. The van der Waals surface area contributed by atoms with Crippen LogP contribution in [0.25, 0.3) is 17.1 Å². The summed E-state index contributed by atoms with van der Waals surface area (Å²) in [6, 6.07) is 2.22. The maximum Gasteiger partial charge on any atom is 0.0713 e. The molecule has 1 N–H and O–H groups in total. The Bertz CT molecular complexity index is 706. The molecule has 4 heterocycles. The van der Waals surface area contributed by atoms with Gasteiger partial charge in [-0.2, -0.15) is 0 Å². The molecule has 4 heteroatoms. The van der Waals surface area contributed by atoms with Crippen LogP contribution in [0.1, 0.15) is 29.8 Å². The van der Waals surface area contributed by atoms with Gasteiger partial charge in [0.2, 0.25) is 0 Å². The molecule has 0 radical (unpaired) electrons. The molecule has 1 saturated heterocycles. The van der Waals surface area contributed by atoms with Crippen molar-refractivity contribution >= 4 is 17.1 Å². The molecule has 21 heavy (non-hydrogen) atoms. The summed E-state index contributed by atoms with van der Waals surface area (Å²) in [5, 5.41) is 4.89. The Kier molecular flexibility index (Phi) is 3.28. The lowest BCUT2D eigenvalue weighted by Crippen LogP contribution is -2.11. The van der Waals surface area contributed by atoms with E-state index >= 15 is 0 Å². The number of aromatic nitrogens is 2. The minimum atomic E-state index is 0.770. The van der Waals surface area contributed by atoms with Crippen molar-refractivity contribution in [1.82, 2.24) is 14.9 Å². The van der Waals surface area contributed by atoms with E-state index in [9.17, 15) is 0 Å². The van der Waals surface area contributed by atoms with Crippen molar-refractivity contribution in [2.24, 2.45) is 0 Å². The summed E-state index contributed by atoms with van der Waals surface area (Å²) >= 11 is 0. The first-order valence-corrected chi connectivity index (χ1v) is 7.79. The molecule has 0 aliphatic carbocycles. The Morgan fingerprint density at radius 3 is 3.19 bits per heavy atom. The van der Waals surface area contributed by atoms with Gasteiger partial charge in [-0.05, 0) is 49.9 Å². The number of ether oxygens (including phenoxy) is 1. The maximum absolute atomic E-state index is 5.50. The van der Waals surface area contributed by atoms with E-state index in [2.05, 4.69) is 34.1 Å². The van der Waals surface area contributed by atoms with E-state index < -0.39 is 0 Å². The zero-order valence-electron chi connectivity index (χ0n) is 12.5. The summed E-state index contributed by atoms with van der Waals surface area (Å²) in [6.45, 7) is 5.75. The van der Waals surface area contributed by atoms with Gasteiger partial charge < -0.3 is 14.6 Å². The largest absolute Gasteiger partial charge is 0.377 e. The fourth-order valence-electron chi connectivity index (χ4n) is 3.41. The van der Waals surface area contributed by atoms with Crippen LogP contribution in [0, 0.1) is 6.92 Å². The quantitative estimate of drug-likeness (QED) is 0.874. The Balaban J connectivity index is 1.95. The first kappa shape index (κ1) is 13.0. The molecule has 2 aromatic rings. The minimum Gasteiger partial charge on any atom is -0.377 e. The highest BCUT2D eigenvalue weighted by Crippen LogP contribution is 2.30. The topological polar surface area (TPSA) is 39.1 Å².